The van der Waals surface area contributed by atoms with E-state index in [-0.39, 0.29) is 25.0 Å². The zero-order valence-electron chi connectivity index (χ0n) is 32.1. The highest BCUT2D eigenvalue weighted by Crippen LogP contribution is 2.27. The summed E-state index contributed by atoms with van der Waals surface area (Å²) in [5.74, 6) is 0.108. The summed E-state index contributed by atoms with van der Waals surface area (Å²) >= 11 is 0. The fourth-order valence-corrected chi connectivity index (χ4v) is 6.42. The van der Waals surface area contributed by atoms with Gasteiger partial charge in [-0.15, -0.1) is 0 Å². The number of aldehydes is 1. The fourth-order valence-electron chi connectivity index (χ4n) is 6.42. The number of unbranched alkanes of at least 4 members (excludes halogenated alkanes) is 2. The van der Waals surface area contributed by atoms with Gasteiger partial charge in [-0.3, -0.25) is 14.5 Å². The van der Waals surface area contributed by atoms with Crippen molar-refractivity contribution >= 4 is 33.9 Å². The summed E-state index contributed by atoms with van der Waals surface area (Å²) in [6.07, 6.45) is 4.62. The van der Waals surface area contributed by atoms with Crippen LogP contribution in [-0.2, 0) is 19.2 Å². The molecule has 0 radical (unpaired) electrons. The van der Waals surface area contributed by atoms with Crippen LogP contribution in [0.2, 0.25) is 0 Å². The number of nitrogens with two attached hydrogens (primary N) is 2. The number of ether oxygens (including phenoxy) is 1. The van der Waals surface area contributed by atoms with Gasteiger partial charge >= 0.3 is 0 Å². The largest absolute Gasteiger partial charge is 0.386 e. The third kappa shape index (κ3) is 17.8. The van der Waals surface area contributed by atoms with E-state index in [1.807, 2.05) is 24.2 Å². The maximum absolute atomic E-state index is 12.5. The minimum absolute atomic E-state index is 0.00387. The molecule has 15 nitrogen and oxygen atoms in total. The highest BCUT2D eigenvalue weighted by Gasteiger charge is 2.48. The van der Waals surface area contributed by atoms with Gasteiger partial charge in [0.15, 0.2) is 19.1 Å². The van der Waals surface area contributed by atoms with Crippen molar-refractivity contribution in [1.82, 2.24) is 15.0 Å². The van der Waals surface area contributed by atoms with Gasteiger partial charge in [-0.25, -0.2) is 4.59 Å². The normalized spacial score (nSPS) is 22.0. The quantitative estimate of drug-likeness (QED) is 0.0370. The molecule has 2 rings (SSSR count). The molecule has 0 saturated carbocycles. The molecule has 298 valence electrons. The van der Waals surface area contributed by atoms with Gasteiger partial charge in [0, 0.05) is 80.9 Å². The molecule has 50 heavy (non-hydrogen) atoms. The van der Waals surface area contributed by atoms with Gasteiger partial charge in [0.2, 0.25) is 0 Å². The average Bonchev–Trinajstić information content (AvgIpc) is 3.04. The van der Waals surface area contributed by atoms with Crippen LogP contribution >= 0.6 is 21.7 Å². The van der Waals surface area contributed by atoms with Crippen LogP contribution in [0, 0.1) is 0 Å². The molecule has 2 aliphatic rings. The Balaban J connectivity index is 0.000000915. The number of likely N-dealkylation sites (N-methyl/N-ethyl adjacent to an activating group) is 2. The predicted molar refractivity (Wildman–Crippen MR) is 198 cm³/mol. The number of hydrogen-bond donors (Lipinski definition) is 5. The van der Waals surface area contributed by atoms with Gasteiger partial charge in [-0.05, 0) is 26.2 Å². The SMILES string of the molecule is CCCC1ON(CCN(CCN)CC(O)C[N+](C)(C)CO)C1OC.CC[N+](C)(C)CC(O)C[N+]1(CCN)CCN1C(=O)CCCCC=O.ClCl. The highest BCUT2D eigenvalue weighted by molar-refractivity contribution is 6.85. The van der Waals surface area contributed by atoms with Crippen LogP contribution in [0.3, 0.4) is 0 Å². The number of carbonyl (C=O) groups is 2. The molecule has 0 aromatic carbocycles. The molecule has 2 aliphatic heterocycles. The van der Waals surface area contributed by atoms with Gasteiger partial charge in [0.25, 0.3) is 5.91 Å². The first-order valence-electron chi connectivity index (χ1n) is 18.1. The van der Waals surface area contributed by atoms with E-state index in [1.165, 1.54) is 0 Å². The molecule has 0 spiro atoms. The van der Waals surface area contributed by atoms with Crippen LogP contribution in [0.25, 0.3) is 0 Å². The summed E-state index contributed by atoms with van der Waals surface area (Å²) in [7, 11) is 17.9. The summed E-state index contributed by atoms with van der Waals surface area (Å²) < 4.78 is 7.10. The number of carbonyl (C=O) groups excluding carboxylic acids is 2. The third-order valence-electron chi connectivity index (χ3n) is 9.47. The van der Waals surface area contributed by atoms with Crippen molar-refractivity contribution in [2.45, 2.75) is 76.9 Å². The van der Waals surface area contributed by atoms with Crippen LogP contribution in [0.5, 0.6) is 0 Å². The first kappa shape index (κ1) is 49.2. The fraction of sp³-hybridized carbons (Fsp3) is 0.939. The summed E-state index contributed by atoms with van der Waals surface area (Å²) in [6, 6.07) is 0. The standard InChI is InChI=1S/C17H36N4O3.C16H37N4O4.Cl2/c1-4-20(2,3)14-16(23)15-21(11-9-18)12-10-19(21)17(24)8-6-5-7-13-22;1-5-6-15-16(23-4)19(24-15)10-9-18(8-7-17)11-14(22)12-20(2,3)13-21;1-2/h13,16,23H,4-12,14-15,18H2,1-3H3;14-16,21-22H,5-13,17H2,1-4H3;/q+2;+1;. The van der Waals surface area contributed by atoms with Crippen molar-refractivity contribution in [3.8, 4) is 0 Å². The molecule has 0 aliphatic carbocycles. The van der Waals surface area contributed by atoms with E-state index >= 15 is 0 Å². The second kappa shape index (κ2) is 26.1. The number of hydroxylamine groups is 2. The summed E-state index contributed by atoms with van der Waals surface area (Å²) in [5.41, 5.74) is 11.5. The van der Waals surface area contributed by atoms with Crippen LogP contribution in [-0.4, -0.2) is 208 Å². The van der Waals surface area contributed by atoms with Crippen LogP contribution in [0.15, 0.2) is 0 Å². The van der Waals surface area contributed by atoms with Crippen LogP contribution in [0.4, 0.5) is 0 Å². The Bertz CT molecular complexity index is 914. The number of amides is 1. The molecule has 2 saturated heterocycles. The number of rotatable bonds is 25. The number of hydrogen-bond acceptors (Lipinski definition) is 11. The van der Waals surface area contributed by atoms with Crippen molar-refractivity contribution < 1.29 is 48.0 Å². The van der Waals surface area contributed by atoms with Crippen LogP contribution < -0.4 is 11.5 Å². The molecule has 0 aromatic rings. The van der Waals surface area contributed by atoms with Gasteiger partial charge < -0.3 is 45.3 Å². The molecular weight excluding hydrogens is 691 g/mol. The van der Waals surface area contributed by atoms with E-state index in [9.17, 15) is 24.9 Å². The summed E-state index contributed by atoms with van der Waals surface area (Å²) in [4.78, 5) is 30.8. The molecule has 0 aromatic heterocycles. The lowest BCUT2D eigenvalue weighted by Gasteiger charge is -2.54. The Morgan fingerprint density at radius 1 is 1.08 bits per heavy atom. The monoisotopic (exact) mass is 763 g/mol. The average molecular weight is 765 g/mol. The molecule has 0 bridgehead atoms. The summed E-state index contributed by atoms with van der Waals surface area (Å²) in [6.45, 7) is 12.9. The Morgan fingerprint density at radius 3 is 2.24 bits per heavy atom. The van der Waals surface area contributed by atoms with Gasteiger partial charge in [-0.1, -0.05) is 13.3 Å². The lowest BCUT2D eigenvalue weighted by atomic mass is 10.1. The molecule has 2 fully saturated rings. The number of halogens is 2. The maximum Gasteiger partial charge on any atom is 0.267 e. The molecule has 17 heteroatoms. The van der Waals surface area contributed by atoms with Crippen molar-refractivity contribution in [1.29, 1.82) is 0 Å². The Kier molecular flexibility index (Phi) is 25.7. The molecular formula is C33H73Cl2N8O7+3. The predicted octanol–water partition coefficient (Wildman–Crippen LogP) is 0.137. The second-order valence-electron chi connectivity index (χ2n) is 14.7. The maximum atomic E-state index is 12.5. The third-order valence-corrected chi connectivity index (χ3v) is 9.47. The van der Waals surface area contributed by atoms with Gasteiger partial charge in [-0.2, -0.15) is 10.1 Å². The minimum Gasteiger partial charge on any atom is -0.386 e. The van der Waals surface area contributed by atoms with Crippen molar-refractivity contribution in [2.75, 3.05) is 127 Å². The Morgan fingerprint density at radius 2 is 1.74 bits per heavy atom. The van der Waals surface area contributed by atoms with Crippen molar-refractivity contribution in [3.63, 3.8) is 0 Å². The lowest BCUT2D eigenvalue weighted by Crippen LogP contribution is -2.76. The topological polar surface area (TPSA) is 175 Å². The number of methoxy groups -OCH3 is 1. The molecule has 5 unspecified atom stereocenters. The first-order valence-corrected chi connectivity index (χ1v) is 19.3. The zero-order chi connectivity index (χ0) is 38.4. The lowest BCUT2D eigenvalue weighted by molar-refractivity contribution is -1.07. The second-order valence-corrected chi connectivity index (χ2v) is 14.7. The number of nitrogens with zero attached hydrogens (tertiary/aromatic N) is 6. The van der Waals surface area contributed by atoms with E-state index in [0.717, 1.165) is 62.6 Å². The van der Waals surface area contributed by atoms with Gasteiger partial charge in [0.1, 0.15) is 57.8 Å². The first-order chi connectivity index (χ1) is 23.7. The van der Waals surface area contributed by atoms with E-state index in [4.69, 9.17) is 21.0 Å². The Hall–Kier alpha value is -0.760. The van der Waals surface area contributed by atoms with E-state index in [1.54, 1.807) is 7.11 Å². The van der Waals surface area contributed by atoms with Crippen molar-refractivity contribution in [2.24, 2.45) is 11.5 Å². The smallest absolute Gasteiger partial charge is 0.267 e. The number of aliphatic hydroxyl groups is 3. The molecule has 1 amide bonds. The van der Waals surface area contributed by atoms with E-state index < -0.39 is 12.2 Å². The molecule has 5 atom stereocenters. The van der Waals surface area contributed by atoms with E-state index in [0.29, 0.717) is 80.8 Å². The molecule has 7 N–H and O–H groups in total. The molecule has 2 heterocycles. The van der Waals surface area contributed by atoms with Crippen LogP contribution in [0.1, 0.15) is 52.4 Å². The van der Waals surface area contributed by atoms with E-state index in [2.05, 4.69) is 54.6 Å². The van der Waals surface area contributed by atoms with Crippen molar-refractivity contribution in [3.05, 3.63) is 0 Å². The number of quaternary nitrogens is 3. The Labute approximate surface area is 311 Å². The summed E-state index contributed by atoms with van der Waals surface area (Å²) in [5, 5.41) is 33.9. The minimum atomic E-state index is -0.512. The number of aliphatic hydroxyl groups excluding tert-OH is 3. The van der Waals surface area contributed by atoms with Gasteiger partial charge in [0.05, 0.1) is 34.7 Å². The highest BCUT2D eigenvalue weighted by atomic mass is 36.5. The zero-order valence-corrected chi connectivity index (χ0v) is 33.6.